The Bertz CT molecular complexity index is 584. The zero-order valence-corrected chi connectivity index (χ0v) is 13.7. The van der Waals surface area contributed by atoms with E-state index in [9.17, 15) is 4.79 Å². The monoisotopic (exact) mass is 315 g/mol. The lowest BCUT2D eigenvalue weighted by molar-refractivity contribution is -0.120. The maximum absolute atomic E-state index is 12.1. The van der Waals surface area contributed by atoms with Gasteiger partial charge in [-0.25, -0.2) is 0 Å². The van der Waals surface area contributed by atoms with Crippen LogP contribution in [0.4, 0.5) is 0 Å². The minimum absolute atomic E-state index is 0.0664. The van der Waals surface area contributed by atoms with Gasteiger partial charge in [-0.15, -0.1) is 11.8 Å². The van der Waals surface area contributed by atoms with Crippen LogP contribution in [0.2, 0.25) is 0 Å². The van der Waals surface area contributed by atoms with Gasteiger partial charge in [-0.3, -0.25) is 4.79 Å². The van der Waals surface area contributed by atoms with Gasteiger partial charge >= 0.3 is 0 Å². The number of ether oxygens (including phenoxy) is 1. The van der Waals surface area contributed by atoms with Crippen molar-refractivity contribution in [2.24, 2.45) is 0 Å². The second-order valence-corrected chi connectivity index (χ2v) is 6.33. The molecule has 2 aromatic rings. The highest BCUT2D eigenvalue weighted by molar-refractivity contribution is 7.99. The van der Waals surface area contributed by atoms with Gasteiger partial charge in [0.15, 0.2) is 0 Å². The van der Waals surface area contributed by atoms with Gasteiger partial charge in [0.25, 0.3) is 0 Å². The number of thioether (sulfide) groups is 1. The molecule has 0 heterocycles. The molecule has 0 saturated carbocycles. The average Bonchev–Trinajstić information content (AvgIpc) is 2.58. The number of nitrogens with one attached hydrogen (secondary N) is 1. The lowest BCUT2D eigenvalue weighted by atomic mass is 10.2. The van der Waals surface area contributed by atoms with Crippen molar-refractivity contribution in [2.75, 3.05) is 7.11 Å². The standard InChI is InChI=1S/C18H21NO2S/c1-14(22-13-16-6-4-3-5-7-16)18(20)19-12-15-8-10-17(21-2)11-9-15/h3-11,14H,12-13H2,1-2H3,(H,19,20). The number of amides is 1. The molecule has 0 spiro atoms. The van der Waals surface area contributed by atoms with E-state index in [0.29, 0.717) is 6.54 Å². The lowest BCUT2D eigenvalue weighted by Gasteiger charge is -2.12. The summed E-state index contributed by atoms with van der Waals surface area (Å²) in [6.07, 6.45) is 0. The van der Waals surface area contributed by atoms with Crippen molar-refractivity contribution in [3.8, 4) is 5.75 Å². The number of carbonyl (C=O) groups is 1. The predicted octanol–water partition coefficient (Wildman–Crippen LogP) is 3.63. The van der Waals surface area contributed by atoms with Crippen molar-refractivity contribution < 1.29 is 9.53 Å². The van der Waals surface area contributed by atoms with E-state index >= 15 is 0 Å². The third-order valence-electron chi connectivity index (χ3n) is 3.34. The zero-order chi connectivity index (χ0) is 15.8. The molecule has 0 fully saturated rings. The van der Waals surface area contributed by atoms with E-state index in [-0.39, 0.29) is 11.2 Å². The van der Waals surface area contributed by atoms with E-state index in [1.807, 2.05) is 49.4 Å². The minimum Gasteiger partial charge on any atom is -0.497 e. The number of hydrogen-bond donors (Lipinski definition) is 1. The summed E-state index contributed by atoms with van der Waals surface area (Å²) < 4.78 is 5.12. The summed E-state index contributed by atoms with van der Waals surface area (Å²) in [6.45, 7) is 2.48. The minimum atomic E-state index is -0.0709. The van der Waals surface area contributed by atoms with Crippen LogP contribution in [-0.2, 0) is 17.1 Å². The fraction of sp³-hybridized carbons (Fsp3) is 0.278. The molecule has 0 aliphatic rings. The molecule has 0 bridgehead atoms. The molecular weight excluding hydrogens is 294 g/mol. The van der Waals surface area contributed by atoms with Gasteiger partial charge in [-0.05, 0) is 30.2 Å². The molecule has 0 radical (unpaired) electrons. The van der Waals surface area contributed by atoms with Crippen LogP contribution >= 0.6 is 11.8 Å². The second kappa shape index (κ2) is 8.49. The number of rotatable bonds is 7. The topological polar surface area (TPSA) is 38.3 Å². The molecule has 0 aliphatic carbocycles. The van der Waals surface area contributed by atoms with Gasteiger partial charge < -0.3 is 10.1 Å². The van der Waals surface area contributed by atoms with Gasteiger partial charge in [0, 0.05) is 12.3 Å². The molecule has 0 aromatic heterocycles. The molecule has 0 saturated heterocycles. The van der Waals surface area contributed by atoms with Crippen molar-refractivity contribution in [3.63, 3.8) is 0 Å². The Balaban J connectivity index is 1.76. The summed E-state index contributed by atoms with van der Waals surface area (Å²) in [4.78, 5) is 12.1. The van der Waals surface area contributed by atoms with Crippen LogP contribution in [0.15, 0.2) is 54.6 Å². The number of methoxy groups -OCH3 is 1. The first-order valence-electron chi connectivity index (χ1n) is 7.25. The van der Waals surface area contributed by atoms with Crippen molar-refractivity contribution in [1.82, 2.24) is 5.32 Å². The maximum Gasteiger partial charge on any atom is 0.233 e. The number of hydrogen-bond acceptors (Lipinski definition) is 3. The molecule has 3 nitrogen and oxygen atoms in total. The summed E-state index contributed by atoms with van der Waals surface area (Å²) in [7, 11) is 1.64. The SMILES string of the molecule is COc1ccc(CNC(=O)C(C)SCc2ccccc2)cc1. The van der Waals surface area contributed by atoms with Crippen LogP contribution in [0.3, 0.4) is 0 Å². The average molecular weight is 315 g/mol. The summed E-state index contributed by atoms with van der Waals surface area (Å²) >= 11 is 1.65. The molecule has 1 N–H and O–H groups in total. The van der Waals surface area contributed by atoms with Gasteiger partial charge in [-0.2, -0.15) is 0 Å². The van der Waals surface area contributed by atoms with Gasteiger partial charge in [-0.1, -0.05) is 42.5 Å². The first-order chi connectivity index (χ1) is 10.7. The van der Waals surface area contributed by atoms with Crippen LogP contribution < -0.4 is 10.1 Å². The molecule has 1 amide bonds. The van der Waals surface area contributed by atoms with Crippen LogP contribution in [0, 0.1) is 0 Å². The summed E-state index contributed by atoms with van der Waals surface area (Å²) in [6, 6.07) is 17.9. The quantitative estimate of drug-likeness (QED) is 0.848. The number of carbonyl (C=O) groups excluding carboxylic acids is 1. The van der Waals surface area contributed by atoms with Crippen LogP contribution in [0.25, 0.3) is 0 Å². The van der Waals surface area contributed by atoms with Crippen molar-refractivity contribution >= 4 is 17.7 Å². The third kappa shape index (κ3) is 5.11. The first kappa shape index (κ1) is 16.4. The Morgan fingerprint density at radius 2 is 1.77 bits per heavy atom. The summed E-state index contributed by atoms with van der Waals surface area (Å²) in [5.41, 5.74) is 2.30. The van der Waals surface area contributed by atoms with Gasteiger partial charge in [0.05, 0.1) is 12.4 Å². The lowest BCUT2D eigenvalue weighted by Crippen LogP contribution is -2.30. The van der Waals surface area contributed by atoms with E-state index < -0.39 is 0 Å². The van der Waals surface area contributed by atoms with E-state index in [1.165, 1.54) is 5.56 Å². The fourth-order valence-corrected chi connectivity index (χ4v) is 2.82. The van der Waals surface area contributed by atoms with Gasteiger partial charge in [0.2, 0.25) is 5.91 Å². The van der Waals surface area contributed by atoms with Crippen LogP contribution in [0.1, 0.15) is 18.1 Å². The Labute approximate surface area is 136 Å². The molecule has 22 heavy (non-hydrogen) atoms. The Hall–Kier alpha value is -1.94. The molecule has 1 atom stereocenters. The smallest absolute Gasteiger partial charge is 0.233 e. The number of benzene rings is 2. The Morgan fingerprint density at radius 3 is 2.41 bits per heavy atom. The molecule has 2 rings (SSSR count). The van der Waals surface area contributed by atoms with Crippen molar-refractivity contribution in [3.05, 3.63) is 65.7 Å². The van der Waals surface area contributed by atoms with Gasteiger partial charge in [0.1, 0.15) is 5.75 Å². The molecule has 0 aliphatic heterocycles. The van der Waals surface area contributed by atoms with E-state index in [2.05, 4.69) is 17.4 Å². The van der Waals surface area contributed by atoms with Crippen LogP contribution in [0.5, 0.6) is 5.75 Å². The second-order valence-electron chi connectivity index (χ2n) is 5.00. The normalized spacial score (nSPS) is 11.7. The largest absolute Gasteiger partial charge is 0.497 e. The maximum atomic E-state index is 12.1. The van der Waals surface area contributed by atoms with Crippen molar-refractivity contribution in [2.45, 2.75) is 24.5 Å². The Morgan fingerprint density at radius 1 is 1.09 bits per heavy atom. The van der Waals surface area contributed by atoms with Crippen LogP contribution in [-0.4, -0.2) is 18.3 Å². The third-order valence-corrected chi connectivity index (χ3v) is 4.55. The molecule has 1 unspecified atom stereocenters. The van der Waals surface area contributed by atoms with E-state index in [1.54, 1.807) is 18.9 Å². The van der Waals surface area contributed by atoms with Crippen molar-refractivity contribution in [1.29, 1.82) is 0 Å². The first-order valence-corrected chi connectivity index (χ1v) is 8.30. The molecule has 4 heteroatoms. The fourth-order valence-electron chi connectivity index (χ4n) is 1.95. The molecule has 2 aromatic carbocycles. The molecular formula is C18H21NO2S. The van der Waals surface area contributed by atoms with E-state index in [0.717, 1.165) is 17.1 Å². The Kier molecular flexibility index (Phi) is 6.34. The van der Waals surface area contributed by atoms with E-state index in [4.69, 9.17) is 4.74 Å². The molecule has 116 valence electrons. The zero-order valence-electron chi connectivity index (χ0n) is 12.9. The summed E-state index contributed by atoms with van der Waals surface area (Å²) in [5.74, 6) is 1.73. The highest BCUT2D eigenvalue weighted by Gasteiger charge is 2.12. The highest BCUT2D eigenvalue weighted by atomic mass is 32.2. The predicted molar refractivity (Wildman–Crippen MR) is 92.0 cm³/mol. The highest BCUT2D eigenvalue weighted by Crippen LogP contribution is 2.18. The summed E-state index contributed by atoms with van der Waals surface area (Å²) in [5, 5.41) is 2.90.